The molecule has 0 bridgehead atoms. The Balaban J connectivity index is 1.76. The molecule has 4 rings (SSSR count). The molecule has 5 nitrogen and oxygen atoms in total. The van der Waals surface area contributed by atoms with Gasteiger partial charge in [-0.25, -0.2) is 9.97 Å². The molecule has 1 aromatic heterocycles. The van der Waals surface area contributed by atoms with Gasteiger partial charge in [-0.05, 0) is 39.2 Å². The van der Waals surface area contributed by atoms with E-state index in [4.69, 9.17) is 15.1 Å². The van der Waals surface area contributed by atoms with E-state index in [1.807, 2.05) is 0 Å². The Kier molecular flexibility index (Phi) is 7.42. The van der Waals surface area contributed by atoms with Crippen LogP contribution in [0, 0.1) is 19.8 Å². The second-order valence-electron chi connectivity index (χ2n) is 9.81. The van der Waals surface area contributed by atoms with Gasteiger partial charge in [-0.15, -0.1) is 0 Å². The van der Waals surface area contributed by atoms with Crippen molar-refractivity contribution in [3.63, 3.8) is 0 Å². The van der Waals surface area contributed by atoms with Crippen LogP contribution in [0.15, 0.2) is 48.5 Å². The van der Waals surface area contributed by atoms with Crippen LogP contribution in [0.4, 0.5) is 0 Å². The fourth-order valence-corrected chi connectivity index (χ4v) is 4.87. The van der Waals surface area contributed by atoms with Crippen LogP contribution >= 0.6 is 0 Å². The van der Waals surface area contributed by atoms with Crippen LogP contribution in [0.25, 0.3) is 22.5 Å². The van der Waals surface area contributed by atoms with Crippen LogP contribution in [0.1, 0.15) is 61.7 Å². The molecule has 0 aliphatic carbocycles. The molecular formula is C29H35N3O2. The lowest BCUT2D eigenvalue weighted by Gasteiger charge is -2.39. The molecule has 0 saturated heterocycles. The summed E-state index contributed by atoms with van der Waals surface area (Å²) in [6.07, 6.45) is 2.67. The van der Waals surface area contributed by atoms with E-state index in [1.54, 1.807) is 0 Å². The van der Waals surface area contributed by atoms with Crippen LogP contribution in [-0.2, 0) is 11.2 Å². The average Bonchev–Trinajstić information content (AvgIpc) is 2.81. The molecule has 34 heavy (non-hydrogen) atoms. The molecule has 1 unspecified atom stereocenters. The van der Waals surface area contributed by atoms with Crippen LogP contribution in [0.2, 0.25) is 0 Å². The topological polar surface area (TPSA) is 66.3 Å². The number of hydrogen-bond donors (Lipinski definition) is 1. The molecule has 0 spiro atoms. The van der Waals surface area contributed by atoms with E-state index >= 15 is 0 Å². The molecule has 0 fully saturated rings. The molecule has 3 aromatic rings. The zero-order chi connectivity index (χ0) is 24.2. The zero-order valence-corrected chi connectivity index (χ0v) is 20.7. The number of unbranched alkanes of at least 4 members (excludes halogenated alkanes) is 1. The predicted molar refractivity (Wildman–Crippen MR) is 137 cm³/mol. The van der Waals surface area contributed by atoms with Gasteiger partial charge in [0, 0.05) is 30.5 Å². The van der Waals surface area contributed by atoms with E-state index in [1.165, 1.54) is 11.1 Å². The van der Waals surface area contributed by atoms with E-state index < -0.39 is 5.97 Å². The normalized spacial score (nSPS) is 16.0. The molecule has 1 aliphatic heterocycles. The van der Waals surface area contributed by atoms with E-state index in [-0.39, 0.29) is 12.5 Å². The highest BCUT2D eigenvalue weighted by Crippen LogP contribution is 2.38. The number of carboxylic acids is 1. The molecule has 2 heterocycles. The van der Waals surface area contributed by atoms with Crippen LogP contribution < -0.4 is 0 Å². The molecule has 0 saturated carbocycles. The van der Waals surface area contributed by atoms with Crippen molar-refractivity contribution in [3.8, 4) is 22.5 Å². The molecule has 0 amide bonds. The maximum Gasteiger partial charge on any atom is 0.303 e. The number of nitrogens with zero attached hydrogens (tertiary/aromatic N) is 3. The van der Waals surface area contributed by atoms with Crippen molar-refractivity contribution in [2.24, 2.45) is 5.92 Å². The molecule has 5 heteroatoms. The monoisotopic (exact) mass is 457 g/mol. The van der Waals surface area contributed by atoms with Gasteiger partial charge in [-0.1, -0.05) is 73.5 Å². The standard InChI is InChI=1S/C29H35N3O2/c1-19(2)29-28-24(16-18-32(29)17-6-5-7-25(33)34)30-26(22-12-8-20(3)9-13-22)27(31-28)23-14-10-21(4)11-15-23/h8-15,19,29H,5-7,16-18H2,1-4H3,(H,33,34). The summed E-state index contributed by atoms with van der Waals surface area (Å²) in [6, 6.07) is 17.3. The summed E-state index contributed by atoms with van der Waals surface area (Å²) in [5.41, 5.74) is 8.66. The highest BCUT2D eigenvalue weighted by molar-refractivity contribution is 5.78. The maximum absolute atomic E-state index is 10.9. The third-order valence-electron chi connectivity index (χ3n) is 6.68. The first-order chi connectivity index (χ1) is 16.3. The summed E-state index contributed by atoms with van der Waals surface area (Å²) in [5, 5.41) is 8.98. The smallest absolute Gasteiger partial charge is 0.303 e. The summed E-state index contributed by atoms with van der Waals surface area (Å²) in [5.74, 6) is -0.342. The van der Waals surface area contributed by atoms with Crippen molar-refractivity contribution in [2.75, 3.05) is 13.1 Å². The first-order valence-corrected chi connectivity index (χ1v) is 12.3. The van der Waals surface area contributed by atoms with Gasteiger partial charge in [0.25, 0.3) is 0 Å². The second-order valence-corrected chi connectivity index (χ2v) is 9.81. The Bertz CT molecular complexity index is 1140. The van der Waals surface area contributed by atoms with Gasteiger partial charge < -0.3 is 5.11 Å². The minimum atomic E-state index is -0.721. The first kappa shape index (κ1) is 24.1. The summed E-state index contributed by atoms with van der Waals surface area (Å²) in [6.45, 7) is 10.5. The molecule has 1 atom stereocenters. The first-order valence-electron chi connectivity index (χ1n) is 12.3. The maximum atomic E-state index is 10.9. The van der Waals surface area contributed by atoms with Gasteiger partial charge in [0.15, 0.2) is 0 Å². The molecular weight excluding hydrogens is 422 g/mol. The van der Waals surface area contributed by atoms with Crippen molar-refractivity contribution in [1.29, 1.82) is 0 Å². The molecule has 0 radical (unpaired) electrons. The Hall–Kier alpha value is -3.05. The van der Waals surface area contributed by atoms with Gasteiger partial charge in [0.1, 0.15) is 0 Å². The number of benzene rings is 2. The lowest BCUT2D eigenvalue weighted by molar-refractivity contribution is -0.137. The summed E-state index contributed by atoms with van der Waals surface area (Å²) in [7, 11) is 0. The van der Waals surface area contributed by atoms with E-state index in [0.29, 0.717) is 12.3 Å². The van der Waals surface area contributed by atoms with Gasteiger partial charge in [0.2, 0.25) is 0 Å². The third kappa shape index (κ3) is 5.36. The van der Waals surface area contributed by atoms with Crippen LogP contribution in [0.3, 0.4) is 0 Å². The van der Waals surface area contributed by atoms with Gasteiger partial charge >= 0.3 is 5.97 Å². The van der Waals surface area contributed by atoms with Crippen molar-refractivity contribution in [1.82, 2.24) is 14.9 Å². The minimum Gasteiger partial charge on any atom is -0.481 e. The summed E-state index contributed by atoms with van der Waals surface area (Å²) in [4.78, 5) is 24.0. The van der Waals surface area contributed by atoms with Gasteiger partial charge in [-0.2, -0.15) is 0 Å². The lowest BCUT2D eigenvalue weighted by atomic mass is 9.91. The van der Waals surface area contributed by atoms with Crippen molar-refractivity contribution in [2.45, 2.75) is 59.4 Å². The molecule has 1 aliphatic rings. The Morgan fingerprint density at radius 2 is 1.50 bits per heavy atom. The number of hydrogen-bond acceptors (Lipinski definition) is 4. The number of rotatable bonds is 8. The number of aliphatic carboxylic acids is 1. The second kappa shape index (κ2) is 10.5. The van der Waals surface area contributed by atoms with Crippen LogP contribution in [-0.4, -0.2) is 39.0 Å². The fraction of sp³-hybridized carbons (Fsp3) is 0.414. The Morgan fingerprint density at radius 3 is 2.03 bits per heavy atom. The number of aromatic nitrogens is 2. The number of carboxylic acid groups (broad SMARTS) is 1. The number of fused-ring (bicyclic) bond motifs is 1. The zero-order valence-electron chi connectivity index (χ0n) is 20.7. The Labute approximate surface area is 202 Å². The number of carbonyl (C=O) groups is 1. The fourth-order valence-electron chi connectivity index (χ4n) is 4.87. The highest BCUT2D eigenvalue weighted by Gasteiger charge is 2.33. The summed E-state index contributed by atoms with van der Waals surface area (Å²) < 4.78 is 0. The summed E-state index contributed by atoms with van der Waals surface area (Å²) >= 11 is 0. The quantitative estimate of drug-likeness (QED) is 0.406. The lowest BCUT2D eigenvalue weighted by Crippen LogP contribution is -2.40. The number of aryl methyl sites for hydroxylation is 2. The van der Waals surface area contributed by atoms with Crippen LogP contribution in [0.5, 0.6) is 0 Å². The molecule has 178 valence electrons. The largest absolute Gasteiger partial charge is 0.481 e. The van der Waals surface area contributed by atoms with E-state index in [0.717, 1.165) is 59.8 Å². The minimum absolute atomic E-state index is 0.178. The highest BCUT2D eigenvalue weighted by atomic mass is 16.4. The van der Waals surface area contributed by atoms with Crippen molar-refractivity contribution >= 4 is 5.97 Å². The SMILES string of the molecule is Cc1ccc(-c2nc3c(nc2-c2ccc(C)cc2)C(C(C)C)N(CCCCC(=O)O)CC3)cc1. The van der Waals surface area contributed by atoms with Gasteiger partial charge in [0.05, 0.1) is 28.8 Å². The van der Waals surface area contributed by atoms with Gasteiger partial charge in [-0.3, -0.25) is 9.69 Å². The third-order valence-corrected chi connectivity index (χ3v) is 6.68. The van der Waals surface area contributed by atoms with E-state index in [9.17, 15) is 4.79 Å². The molecule has 2 aromatic carbocycles. The van der Waals surface area contributed by atoms with E-state index in [2.05, 4.69) is 81.1 Å². The Morgan fingerprint density at radius 1 is 0.941 bits per heavy atom. The average molecular weight is 458 g/mol. The van der Waals surface area contributed by atoms with Crippen molar-refractivity contribution < 1.29 is 9.90 Å². The molecule has 1 N–H and O–H groups in total. The van der Waals surface area contributed by atoms with Crippen molar-refractivity contribution in [3.05, 3.63) is 71.0 Å². The predicted octanol–water partition coefficient (Wildman–Crippen LogP) is 6.24.